The smallest absolute Gasteiger partial charge is 0.412 e. The van der Waals surface area contributed by atoms with E-state index in [0.717, 1.165) is 11.1 Å². The molecule has 5 rings (SSSR count). The van der Waals surface area contributed by atoms with Crippen molar-refractivity contribution >= 4 is 40.9 Å². The largest absolute Gasteiger partial charge is 0.438 e. The highest BCUT2D eigenvalue weighted by Crippen LogP contribution is 2.44. The number of amides is 2. The first-order valence-corrected chi connectivity index (χ1v) is 13.8. The Bertz CT molecular complexity index is 1360. The van der Waals surface area contributed by atoms with E-state index in [4.69, 9.17) is 27.9 Å². The molecule has 9 heteroatoms. The summed E-state index contributed by atoms with van der Waals surface area (Å²) < 4.78 is 19.8. The lowest BCUT2D eigenvalue weighted by Gasteiger charge is -2.44. The van der Waals surface area contributed by atoms with Crippen LogP contribution in [0.3, 0.4) is 0 Å². The van der Waals surface area contributed by atoms with E-state index in [9.17, 15) is 14.0 Å². The predicted octanol–water partition coefficient (Wildman–Crippen LogP) is 7.04. The number of rotatable bonds is 7. The van der Waals surface area contributed by atoms with Crippen molar-refractivity contribution in [2.45, 2.75) is 43.7 Å². The summed E-state index contributed by atoms with van der Waals surface area (Å²) in [4.78, 5) is 28.0. The quantitative estimate of drug-likeness (QED) is 0.320. The van der Waals surface area contributed by atoms with Crippen molar-refractivity contribution in [3.63, 3.8) is 0 Å². The topological polar surface area (TPSA) is 70.7 Å². The first kappa shape index (κ1) is 27.4. The third-order valence-electron chi connectivity index (χ3n) is 7.72. The second-order valence-electron chi connectivity index (χ2n) is 10.2. The molecule has 2 aliphatic heterocycles. The van der Waals surface area contributed by atoms with E-state index in [1.807, 2.05) is 43.3 Å². The van der Waals surface area contributed by atoms with Gasteiger partial charge in [-0.1, -0.05) is 59.6 Å². The van der Waals surface area contributed by atoms with Crippen LogP contribution < -0.4 is 10.6 Å². The lowest BCUT2D eigenvalue weighted by Crippen LogP contribution is -2.48. The van der Waals surface area contributed by atoms with E-state index in [1.165, 1.54) is 12.1 Å². The minimum absolute atomic E-state index is 0.0880. The minimum atomic E-state index is -0.859. The number of anilines is 1. The first-order chi connectivity index (χ1) is 18.7. The van der Waals surface area contributed by atoms with E-state index >= 15 is 0 Å². The van der Waals surface area contributed by atoms with Gasteiger partial charge in [0, 0.05) is 31.5 Å². The molecule has 204 valence electrons. The van der Waals surface area contributed by atoms with E-state index < -0.39 is 17.6 Å². The highest BCUT2D eigenvalue weighted by atomic mass is 35.5. The molecule has 1 spiro atoms. The average Bonchev–Trinajstić information content (AvgIpc) is 2.92. The molecular weight excluding hydrogens is 540 g/mol. The normalized spacial score (nSPS) is 18.0. The fraction of sp³-hybridized carbons (Fsp3) is 0.333. The second-order valence-corrected chi connectivity index (χ2v) is 11.0. The van der Waals surface area contributed by atoms with Gasteiger partial charge in [0.15, 0.2) is 0 Å². The molecule has 0 bridgehead atoms. The maximum absolute atomic E-state index is 14.1. The molecule has 2 heterocycles. The number of carbonyl (C=O) groups is 2. The monoisotopic (exact) mass is 569 g/mol. The Morgan fingerprint density at radius 2 is 1.79 bits per heavy atom. The van der Waals surface area contributed by atoms with E-state index in [0.29, 0.717) is 60.2 Å². The number of benzene rings is 3. The predicted molar refractivity (Wildman–Crippen MR) is 151 cm³/mol. The molecule has 1 fully saturated rings. The van der Waals surface area contributed by atoms with Crippen LogP contribution in [0.15, 0.2) is 66.7 Å². The number of nitrogens with zero attached hydrogens (tertiary/aromatic N) is 1. The first-order valence-electron chi connectivity index (χ1n) is 13.1. The Labute approximate surface area is 237 Å². The number of piperidine rings is 1. The van der Waals surface area contributed by atoms with Gasteiger partial charge in [-0.2, -0.15) is 0 Å². The lowest BCUT2D eigenvalue weighted by atomic mass is 9.82. The SMILES string of the molecule is CC(NC(=O)[C@H](CCN1CCC2(CC1)OC(=O)Nc1ccc(F)cc12)c1ccc(Cl)c(Cl)c1)c1ccccc1. The molecule has 6 nitrogen and oxygen atoms in total. The molecule has 2 atom stereocenters. The maximum Gasteiger partial charge on any atom is 0.412 e. The molecule has 0 aromatic heterocycles. The molecule has 2 aliphatic rings. The third-order valence-corrected chi connectivity index (χ3v) is 8.45. The van der Waals surface area contributed by atoms with Crippen molar-refractivity contribution in [2.24, 2.45) is 0 Å². The van der Waals surface area contributed by atoms with Crippen LogP contribution in [0, 0.1) is 5.82 Å². The molecule has 0 radical (unpaired) electrons. The fourth-order valence-electron chi connectivity index (χ4n) is 5.51. The van der Waals surface area contributed by atoms with Crippen LogP contribution in [0.25, 0.3) is 0 Å². The summed E-state index contributed by atoms with van der Waals surface area (Å²) >= 11 is 12.5. The number of nitrogens with one attached hydrogen (secondary N) is 2. The van der Waals surface area contributed by atoms with Crippen molar-refractivity contribution < 1.29 is 18.7 Å². The molecule has 39 heavy (non-hydrogen) atoms. The highest BCUT2D eigenvalue weighted by molar-refractivity contribution is 6.42. The Morgan fingerprint density at radius 3 is 2.51 bits per heavy atom. The summed E-state index contributed by atoms with van der Waals surface area (Å²) in [5.41, 5.74) is 2.22. The van der Waals surface area contributed by atoms with Gasteiger partial charge in [0.2, 0.25) is 5.91 Å². The van der Waals surface area contributed by atoms with Crippen LogP contribution in [0.2, 0.25) is 10.0 Å². The second kappa shape index (κ2) is 11.5. The Balaban J connectivity index is 1.28. The van der Waals surface area contributed by atoms with Gasteiger partial charge in [-0.3, -0.25) is 10.1 Å². The average molecular weight is 570 g/mol. The van der Waals surface area contributed by atoms with Gasteiger partial charge in [-0.25, -0.2) is 9.18 Å². The van der Waals surface area contributed by atoms with Crippen LogP contribution in [0.4, 0.5) is 14.9 Å². The zero-order chi connectivity index (χ0) is 27.6. The Kier molecular flexibility index (Phi) is 8.12. The van der Waals surface area contributed by atoms with Crippen molar-refractivity contribution in [2.75, 3.05) is 25.0 Å². The van der Waals surface area contributed by atoms with Gasteiger partial charge in [-0.05, 0) is 61.3 Å². The highest BCUT2D eigenvalue weighted by Gasteiger charge is 2.44. The number of carbonyl (C=O) groups excluding carboxylic acids is 2. The number of ether oxygens (including phenoxy) is 1. The fourth-order valence-corrected chi connectivity index (χ4v) is 5.82. The number of fused-ring (bicyclic) bond motifs is 2. The van der Waals surface area contributed by atoms with Crippen molar-refractivity contribution in [3.8, 4) is 0 Å². The van der Waals surface area contributed by atoms with E-state index in [-0.39, 0.29) is 17.8 Å². The molecule has 2 N–H and O–H groups in total. The summed E-state index contributed by atoms with van der Waals surface area (Å²) in [7, 11) is 0. The lowest BCUT2D eigenvalue weighted by molar-refractivity contribution is -0.123. The Morgan fingerprint density at radius 1 is 1.05 bits per heavy atom. The number of hydrogen-bond acceptors (Lipinski definition) is 4. The number of halogens is 3. The maximum atomic E-state index is 14.1. The standard InChI is InChI=1S/C30H30Cl2FN3O3/c1-19(20-5-3-2-4-6-20)34-28(37)23(21-7-9-25(31)26(32)17-21)11-14-36-15-12-30(13-16-36)24-18-22(33)8-10-27(24)35-29(38)39-30/h2-10,17-19,23H,11-16H2,1H3,(H,34,37)(H,35,38)/t19?,23-/m1/s1. The van der Waals surface area contributed by atoms with Gasteiger partial charge in [-0.15, -0.1) is 0 Å². The van der Waals surface area contributed by atoms with Gasteiger partial charge >= 0.3 is 6.09 Å². The molecule has 0 aliphatic carbocycles. The molecule has 1 unspecified atom stereocenters. The van der Waals surface area contributed by atoms with E-state index in [1.54, 1.807) is 18.2 Å². The van der Waals surface area contributed by atoms with Gasteiger partial charge in [0.25, 0.3) is 0 Å². The van der Waals surface area contributed by atoms with Crippen LogP contribution in [0.1, 0.15) is 54.8 Å². The summed E-state index contributed by atoms with van der Waals surface area (Å²) in [6.45, 7) is 3.89. The van der Waals surface area contributed by atoms with Gasteiger partial charge in [0.05, 0.1) is 27.7 Å². The van der Waals surface area contributed by atoms with Gasteiger partial charge in [0.1, 0.15) is 11.4 Å². The van der Waals surface area contributed by atoms with Crippen LogP contribution in [-0.2, 0) is 15.1 Å². The molecule has 3 aromatic carbocycles. The van der Waals surface area contributed by atoms with Crippen molar-refractivity contribution in [1.29, 1.82) is 0 Å². The summed E-state index contributed by atoms with van der Waals surface area (Å²) in [5.74, 6) is -0.890. The van der Waals surface area contributed by atoms with Gasteiger partial charge < -0.3 is 15.0 Å². The summed E-state index contributed by atoms with van der Waals surface area (Å²) in [5, 5.41) is 6.66. The van der Waals surface area contributed by atoms with Crippen LogP contribution in [0.5, 0.6) is 0 Å². The molecule has 1 saturated heterocycles. The number of likely N-dealkylation sites (tertiary alicyclic amines) is 1. The zero-order valence-electron chi connectivity index (χ0n) is 21.6. The summed E-state index contributed by atoms with van der Waals surface area (Å²) in [6, 6.07) is 19.3. The molecule has 3 aromatic rings. The van der Waals surface area contributed by atoms with Crippen LogP contribution in [-0.4, -0.2) is 36.5 Å². The van der Waals surface area contributed by atoms with E-state index in [2.05, 4.69) is 15.5 Å². The van der Waals surface area contributed by atoms with Crippen LogP contribution >= 0.6 is 23.2 Å². The summed E-state index contributed by atoms with van der Waals surface area (Å²) in [6.07, 6.45) is 1.11. The van der Waals surface area contributed by atoms with Crippen molar-refractivity contribution in [1.82, 2.24) is 10.2 Å². The molecule has 0 saturated carbocycles. The Hall–Kier alpha value is -3.13. The minimum Gasteiger partial charge on any atom is -0.438 e. The number of hydrogen-bond donors (Lipinski definition) is 2. The zero-order valence-corrected chi connectivity index (χ0v) is 23.1. The van der Waals surface area contributed by atoms with Crippen molar-refractivity contribution in [3.05, 3.63) is 99.3 Å². The third kappa shape index (κ3) is 6.06. The molecule has 2 amide bonds. The molecular formula is C30H30Cl2FN3O3.